The summed E-state index contributed by atoms with van der Waals surface area (Å²) in [5.41, 5.74) is 4.08. The normalized spacial score (nSPS) is 13.4. The van der Waals surface area contributed by atoms with Gasteiger partial charge in [-0.05, 0) is 80.5 Å². The van der Waals surface area contributed by atoms with Gasteiger partial charge in [0.05, 0.1) is 5.52 Å². The number of carbonyl (C=O) groups is 2. The Morgan fingerprint density at radius 2 is 1.79 bits per heavy atom. The first-order valence-corrected chi connectivity index (χ1v) is 12.7. The number of nitrogens with zero attached hydrogens (tertiary/aromatic N) is 3. The van der Waals surface area contributed by atoms with Crippen molar-refractivity contribution < 1.29 is 9.59 Å². The molecule has 0 aliphatic carbocycles. The van der Waals surface area contributed by atoms with Gasteiger partial charge in [-0.15, -0.1) is 0 Å². The third-order valence-electron chi connectivity index (χ3n) is 6.77. The minimum Gasteiger partial charge on any atom is -0.344 e. The van der Waals surface area contributed by atoms with Crippen LogP contribution in [0.1, 0.15) is 28.8 Å². The maximum absolute atomic E-state index is 12.9. The number of fused-ring (bicyclic) bond motifs is 1. The second-order valence-electron chi connectivity index (χ2n) is 9.27. The van der Waals surface area contributed by atoms with E-state index in [1.807, 2.05) is 60.5 Å². The van der Waals surface area contributed by atoms with Gasteiger partial charge in [-0.2, -0.15) is 0 Å². The molecule has 3 N–H and O–H groups in total. The van der Waals surface area contributed by atoms with Gasteiger partial charge in [-0.3, -0.25) is 9.36 Å². The van der Waals surface area contributed by atoms with Gasteiger partial charge < -0.3 is 20.9 Å². The van der Waals surface area contributed by atoms with Crippen LogP contribution < -0.4 is 20.9 Å². The first-order chi connectivity index (χ1) is 18.5. The molecule has 1 aliphatic rings. The Bertz CT molecular complexity index is 1520. The fraction of sp³-hybridized carbons (Fsp3) is 0.233. The molecular formula is C30H30N6O2. The standard InChI is InChI=1S/C30H30N6O2/c1-31-30(38)36-18-14-24-19-25(9-10-27(24)36)35(2)26-13-17-33-28(20-26)34-29(37)23-7-5-21(6-8-23)3-4-22-11-15-32-16-12-22/h5-10,13-14,17-20,22,32H,11-12,15-16H2,1-2H3,(H,31,38)(H,33,34,37). The van der Waals surface area contributed by atoms with E-state index in [9.17, 15) is 9.59 Å². The number of anilines is 3. The summed E-state index contributed by atoms with van der Waals surface area (Å²) in [5.74, 6) is 7.25. The highest BCUT2D eigenvalue weighted by Crippen LogP contribution is 2.28. The summed E-state index contributed by atoms with van der Waals surface area (Å²) in [5, 5.41) is 9.83. The Labute approximate surface area is 222 Å². The molecule has 0 bridgehead atoms. The lowest BCUT2D eigenvalue weighted by molar-refractivity contribution is 0.102. The Hall–Kier alpha value is -4.61. The van der Waals surface area contributed by atoms with E-state index in [0.29, 0.717) is 17.3 Å². The van der Waals surface area contributed by atoms with Gasteiger partial charge in [0.1, 0.15) is 5.82 Å². The average Bonchev–Trinajstić information content (AvgIpc) is 3.39. The summed E-state index contributed by atoms with van der Waals surface area (Å²) >= 11 is 0. The Morgan fingerprint density at radius 3 is 2.55 bits per heavy atom. The topological polar surface area (TPSA) is 91.3 Å². The Balaban J connectivity index is 1.26. The van der Waals surface area contributed by atoms with Crippen molar-refractivity contribution in [2.24, 2.45) is 5.92 Å². The second kappa shape index (κ2) is 11.2. The summed E-state index contributed by atoms with van der Waals surface area (Å²) in [6.45, 7) is 2.04. The highest BCUT2D eigenvalue weighted by atomic mass is 16.2. The largest absolute Gasteiger partial charge is 0.344 e. The first kappa shape index (κ1) is 25.1. The van der Waals surface area contributed by atoms with Crippen molar-refractivity contribution in [1.82, 2.24) is 20.2 Å². The molecule has 1 saturated heterocycles. The molecule has 2 aromatic heterocycles. The molecule has 38 heavy (non-hydrogen) atoms. The highest BCUT2D eigenvalue weighted by Gasteiger charge is 2.13. The Morgan fingerprint density at radius 1 is 1.03 bits per heavy atom. The van der Waals surface area contributed by atoms with Crippen LogP contribution in [0.2, 0.25) is 0 Å². The van der Waals surface area contributed by atoms with E-state index >= 15 is 0 Å². The van der Waals surface area contributed by atoms with Crippen LogP contribution in [0.3, 0.4) is 0 Å². The molecule has 0 spiro atoms. The minimum absolute atomic E-state index is 0.185. The number of amides is 2. The lowest BCUT2D eigenvalue weighted by Crippen LogP contribution is -2.26. The number of hydrogen-bond acceptors (Lipinski definition) is 5. The molecule has 0 atom stereocenters. The van der Waals surface area contributed by atoms with E-state index in [1.165, 1.54) is 0 Å². The number of pyridine rings is 1. The van der Waals surface area contributed by atoms with Crippen molar-refractivity contribution >= 4 is 40.0 Å². The summed E-state index contributed by atoms with van der Waals surface area (Å²) in [7, 11) is 3.55. The van der Waals surface area contributed by atoms with Crippen LogP contribution in [-0.4, -0.2) is 48.7 Å². The number of carbonyl (C=O) groups excluding carboxylic acids is 2. The molecular weight excluding hydrogens is 476 g/mol. The lowest BCUT2D eigenvalue weighted by Gasteiger charge is -2.20. The zero-order valence-corrected chi connectivity index (χ0v) is 21.5. The van der Waals surface area contributed by atoms with Crippen LogP contribution in [0.4, 0.5) is 22.0 Å². The van der Waals surface area contributed by atoms with Gasteiger partial charge in [0.25, 0.3) is 5.91 Å². The molecule has 0 radical (unpaired) electrons. The van der Waals surface area contributed by atoms with E-state index in [1.54, 1.807) is 36.1 Å². The van der Waals surface area contributed by atoms with Crippen molar-refractivity contribution in [3.05, 3.63) is 84.2 Å². The number of benzene rings is 2. The van der Waals surface area contributed by atoms with Gasteiger partial charge in [0, 0.05) is 66.4 Å². The quantitative estimate of drug-likeness (QED) is 0.352. The molecule has 2 aromatic carbocycles. The summed E-state index contributed by atoms with van der Waals surface area (Å²) in [6, 6.07) is 18.7. The van der Waals surface area contributed by atoms with Gasteiger partial charge >= 0.3 is 6.03 Å². The molecule has 4 aromatic rings. The van der Waals surface area contributed by atoms with Crippen LogP contribution in [0.15, 0.2) is 73.1 Å². The fourth-order valence-corrected chi connectivity index (χ4v) is 4.53. The summed E-state index contributed by atoms with van der Waals surface area (Å²) in [6.07, 6.45) is 5.57. The number of rotatable bonds is 4. The van der Waals surface area contributed by atoms with E-state index in [-0.39, 0.29) is 11.9 Å². The van der Waals surface area contributed by atoms with Crippen molar-refractivity contribution in [3.8, 4) is 11.8 Å². The molecule has 0 unspecified atom stereocenters. The van der Waals surface area contributed by atoms with Gasteiger partial charge in [0.15, 0.2) is 0 Å². The molecule has 3 heterocycles. The number of hydrogen-bond donors (Lipinski definition) is 3. The van der Waals surface area contributed by atoms with E-state index in [4.69, 9.17) is 0 Å². The monoisotopic (exact) mass is 506 g/mol. The van der Waals surface area contributed by atoms with Crippen molar-refractivity contribution in [1.29, 1.82) is 0 Å². The van der Waals surface area contributed by atoms with Gasteiger partial charge in [-0.25, -0.2) is 9.78 Å². The first-order valence-electron chi connectivity index (χ1n) is 12.7. The molecule has 1 fully saturated rings. The van der Waals surface area contributed by atoms with Crippen LogP contribution in [0.5, 0.6) is 0 Å². The summed E-state index contributed by atoms with van der Waals surface area (Å²) < 4.78 is 1.58. The molecule has 0 saturated carbocycles. The second-order valence-corrected chi connectivity index (χ2v) is 9.27. The zero-order valence-electron chi connectivity index (χ0n) is 21.5. The van der Waals surface area contributed by atoms with Crippen LogP contribution in [0.25, 0.3) is 10.9 Å². The summed E-state index contributed by atoms with van der Waals surface area (Å²) in [4.78, 5) is 31.3. The predicted octanol–water partition coefficient (Wildman–Crippen LogP) is 4.60. The van der Waals surface area contributed by atoms with Gasteiger partial charge in [0.2, 0.25) is 0 Å². The molecule has 2 amide bonds. The Kier molecular flexibility index (Phi) is 7.38. The minimum atomic E-state index is -0.230. The van der Waals surface area contributed by atoms with Crippen LogP contribution >= 0.6 is 0 Å². The third-order valence-corrected chi connectivity index (χ3v) is 6.77. The predicted molar refractivity (Wildman–Crippen MR) is 151 cm³/mol. The smallest absolute Gasteiger partial charge is 0.325 e. The fourth-order valence-electron chi connectivity index (χ4n) is 4.53. The molecule has 192 valence electrons. The van der Waals surface area contributed by atoms with Crippen molar-refractivity contribution in [3.63, 3.8) is 0 Å². The van der Waals surface area contributed by atoms with Crippen molar-refractivity contribution in [2.45, 2.75) is 12.8 Å². The van der Waals surface area contributed by atoms with Crippen molar-refractivity contribution in [2.75, 3.05) is 37.4 Å². The molecule has 1 aliphatic heterocycles. The van der Waals surface area contributed by atoms with E-state index in [2.05, 4.69) is 32.8 Å². The lowest BCUT2D eigenvalue weighted by atomic mass is 9.98. The van der Waals surface area contributed by atoms with Gasteiger partial charge in [-0.1, -0.05) is 11.8 Å². The number of nitrogens with one attached hydrogen (secondary N) is 3. The number of aromatic nitrogens is 2. The maximum Gasteiger partial charge on any atom is 0.325 e. The van der Waals surface area contributed by atoms with E-state index < -0.39 is 0 Å². The molecule has 5 rings (SSSR count). The molecule has 8 heteroatoms. The highest BCUT2D eigenvalue weighted by molar-refractivity contribution is 6.04. The van der Waals surface area contributed by atoms with Crippen LogP contribution in [0, 0.1) is 17.8 Å². The number of piperidine rings is 1. The van der Waals surface area contributed by atoms with Crippen LogP contribution in [-0.2, 0) is 0 Å². The zero-order chi connectivity index (χ0) is 26.5. The average molecular weight is 507 g/mol. The molecule has 8 nitrogen and oxygen atoms in total. The third kappa shape index (κ3) is 5.53. The van der Waals surface area contributed by atoms with E-state index in [0.717, 1.165) is 53.8 Å². The SMILES string of the molecule is CNC(=O)n1ccc2cc(N(C)c3ccnc(NC(=O)c4ccc(C#CC5CCNCC5)cc4)c3)ccc21. The maximum atomic E-state index is 12.9.